The van der Waals surface area contributed by atoms with Gasteiger partial charge < -0.3 is 5.11 Å². The van der Waals surface area contributed by atoms with Gasteiger partial charge in [-0.15, -0.1) is 16.4 Å². The van der Waals surface area contributed by atoms with Crippen molar-refractivity contribution in [2.45, 2.75) is 20.3 Å². The van der Waals surface area contributed by atoms with E-state index >= 15 is 0 Å². The van der Waals surface area contributed by atoms with Crippen LogP contribution in [0.3, 0.4) is 0 Å². The first-order chi connectivity index (χ1) is 10.7. The Balaban J connectivity index is 1.88. The van der Waals surface area contributed by atoms with E-state index in [4.69, 9.17) is 0 Å². The molecule has 2 aromatic heterocycles. The maximum atomic E-state index is 10.0. The van der Waals surface area contributed by atoms with Crippen LogP contribution in [0.1, 0.15) is 28.8 Å². The molecule has 0 amide bonds. The van der Waals surface area contributed by atoms with Gasteiger partial charge in [0.25, 0.3) is 0 Å². The summed E-state index contributed by atoms with van der Waals surface area (Å²) >= 11 is 1.65. The van der Waals surface area contributed by atoms with E-state index in [9.17, 15) is 5.11 Å². The number of aromatic nitrogens is 3. The summed E-state index contributed by atoms with van der Waals surface area (Å²) in [6.07, 6.45) is 6.50. The van der Waals surface area contributed by atoms with Gasteiger partial charge in [0.15, 0.2) is 0 Å². The molecule has 0 radical (unpaired) electrons. The van der Waals surface area contributed by atoms with Crippen LogP contribution < -0.4 is 0 Å². The van der Waals surface area contributed by atoms with E-state index in [1.165, 1.54) is 0 Å². The SMILES string of the molecule is CCc1nc(C=Cc2cn(-c3ccccc3C)nc2O)cs1. The maximum absolute atomic E-state index is 10.0. The lowest BCUT2D eigenvalue weighted by molar-refractivity contribution is 0.447. The Labute approximate surface area is 133 Å². The summed E-state index contributed by atoms with van der Waals surface area (Å²) in [5, 5.41) is 17.3. The predicted octanol–water partition coefficient (Wildman–Crippen LogP) is 4.08. The molecule has 0 saturated heterocycles. The van der Waals surface area contributed by atoms with Gasteiger partial charge in [-0.2, -0.15) is 0 Å². The number of benzene rings is 1. The number of para-hydroxylation sites is 1. The number of nitrogens with zero attached hydrogens (tertiary/aromatic N) is 3. The molecule has 0 aliphatic rings. The summed E-state index contributed by atoms with van der Waals surface area (Å²) in [5.41, 5.74) is 3.64. The molecule has 1 N–H and O–H groups in total. The summed E-state index contributed by atoms with van der Waals surface area (Å²) in [5.74, 6) is 0.0189. The molecule has 2 heterocycles. The molecule has 0 unspecified atom stereocenters. The summed E-state index contributed by atoms with van der Waals surface area (Å²) < 4.78 is 1.70. The van der Waals surface area contributed by atoms with Crippen molar-refractivity contribution in [2.75, 3.05) is 0 Å². The third-order valence-electron chi connectivity index (χ3n) is 3.39. The lowest BCUT2D eigenvalue weighted by Gasteiger charge is -2.03. The van der Waals surface area contributed by atoms with Gasteiger partial charge in [0.05, 0.1) is 22.0 Å². The number of thiazole rings is 1. The molecule has 0 aliphatic carbocycles. The quantitative estimate of drug-likeness (QED) is 0.790. The zero-order valence-corrected chi connectivity index (χ0v) is 13.3. The Morgan fingerprint density at radius 1 is 1.27 bits per heavy atom. The van der Waals surface area contributed by atoms with Crippen LogP contribution in [-0.4, -0.2) is 19.9 Å². The van der Waals surface area contributed by atoms with E-state index < -0.39 is 0 Å². The van der Waals surface area contributed by atoms with Gasteiger partial charge in [-0.1, -0.05) is 25.1 Å². The van der Waals surface area contributed by atoms with Gasteiger partial charge in [0.2, 0.25) is 5.88 Å². The fourth-order valence-electron chi connectivity index (χ4n) is 2.18. The third-order valence-corrected chi connectivity index (χ3v) is 4.40. The van der Waals surface area contributed by atoms with Crippen LogP contribution in [0.15, 0.2) is 35.8 Å². The van der Waals surface area contributed by atoms with E-state index in [1.54, 1.807) is 16.0 Å². The number of hydrogen-bond donors (Lipinski definition) is 1. The van der Waals surface area contributed by atoms with Gasteiger partial charge in [-0.3, -0.25) is 0 Å². The lowest BCUT2D eigenvalue weighted by Crippen LogP contribution is -1.96. The van der Waals surface area contributed by atoms with Gasteiger partial charge in [0.1, 0.15) is 0 Å². The average molecular weight is 311 g/mol. The molecule has 0 bridgehead atoms. The normalized spacial score (nSPS) is 11.4. The summed E-state index contributed by atoms with van der Waals surface area (Å²) in [4.78, 5) is 4.48. The number of aryl methyl sites for hydroxylation is 2. The third kappa shape index (κ3) is 2.94. The second-order valence-electron chi connectivity index (χ2n) is 4.99. The minimum atomic E-state index is 0.0189. The van der Waals surface area contributed by atoms with Gasteiger partial charge >= 0.3 is 0 Å². The van der Waals surface area contributed by atoms with Crippen molar-refractivity contribution in [1.29, 1.82) is 0 Å². The molecular formula is C17H17N3OS. The topological polar surface area (TPSA) is 50.9 Å². The average Bonchev–Trinajstić information content (AvgIpc) is 3.12. The molecule has 1 aromatic carbocycles. The van der Waals surface area contributed by atoms with Crippen LogP contribution in [0.4, 0.5) is 0 Å². The van der Waals surface area contributed by atoms with Crippen LogP contribution >= 0.6 is 11.3 Å². The Hall–Kier alpha value is -2.40. The monoisotopic (exact) mass is 311 g/mol. The lowest BCUT2D eigenvalue weighted by atomic mass is 10.2. The van der Waals surface area contributed by atoms with Crippen molar-refractivity contribution < 1.29 is 5.11 Å². The Bertz CT molecular complexity index is 817. The second-order valence-corrected chi connectivity index (χ2v) is 5.93. The Morgan fingerprint density at radius 3 is 2.82 bits per heavy atom. The fraction of sp³-hybridized carbons (Fsp3) is 0.176. The molecule has 0 spiro atoms. The largest absolute Gasteiger partial charge is 0.492 e. The molecule has 0 saturated carbocycles. The van der Waals surface area contributed by atoms with Gasteiger partial charge in [-0.05, 0) is 37.1 Å². The standard InChI is InChI=1S/C17H17N3OS/c1-3-16-18-14(11-22-16)9-8-13-10-20(19-17(13)21)15-7-5-4-6-12(15)2/h4-11H,3H2,1-2H3,(H,19,21). The van der Waals surface area contributed by atoms with Crippen molar-refractivity contribution in [2.24, 2.45) is 0 Å². The molecular weight excluding hydrogens is 294 g/mol. The molecule has 22 heavy (non-hydrogen) atoms. The molecule has 3 rings (SSSR count). The minimum Gasteiger partial charge on any atom is -0.492 e. The van der Waals surface area contributed by atoms with E-state index in [0.717, 1.165) is 28.4 Å². The highest BCUT2D eigenvalue weighted by Gasteiger charge is 2.08. The van der Waals surface area contributed by atoms with Gasteiger partial charge in [0, 0.05) is 11.6 Å². The van der Waals surface area contributed by atoms with Crippen LogP contribution in [-0.2, 0) is 6.42 Å². The van der Waals surface area contributed by atoms with E-state index in [1.807, 2.05) is 54.9 Å². The first-order valence-electron chi connectivity index (χ1n) is 7.14. The smallest absolute Gasteiger partial charge is 0.238 e. The first kappa shape index (κ1) is 14.5. The Kier molecular flexibility index (Phi) is 4.06. The molecule has 0 fully saturated rings. The highest BCUT2D eigenvalue weighted by Crippen LogP contribution is 2.22. The highest BCUT2D eigenvalue weighted by atomic mass is 32.1. The summed E-state index contributed by atoms with van der Waals surface area (Å²) in [6.45, 7) is 4.11. The molecule has 3 aromatic rings. The van der Waals surface area contributed by atoms with E-state index in [2.05, 4.69) is 17.0 Å². The summed E-state index contributed by atoms with van der Waals surface area (Å²) in [7, 11) is 0. The zero-order chi connectivity index (χ0) is 15.5. The minimum absolute atomic E-state index is 0.0189. The van der Waals surface area contributed by atoms with E-state index in [-0.39, 0.29) is 5.88 Å². The molecule has 0 aliphatic heterocycles. The van der Waals surface area contributed by atoms with Crippen molar-refractivity contribution in [3.05, 3.63) is 57.7 Å². The molecule has 4 nitrogen and oxygen atoms in total. The van der Waals surface area contributed by atoms with Crippen molar-refractivity contribution in [3.63, 3.8) is 0 Å². The second kappa shape index (κ2) is 6.15. The van der Waals surface area contributed by atoms with Gasteiger partial charge in [-0.25, -0.2) is 9.67 Å². The van der Waals surface area contributed by atoms with Crippen LogP contribution in [0.2, 0.25) is 0 Å². The molecule has 5 heteroatoms. The van der Waals surface area contributed by atoms with Crippen LogP contribution in [0.5, 0.6) is 5.88 Å². The predicted molar refractivity (Wildman–Crippen MR) is 90.4 cm³/mol. The fourth-order valence-corrected chi connectivity index (χ4v) is 2.89. The zero-order valence-electron chi connectivity index (χ0n) is 12.5. The number of aromatic hydroxyl groups is 1. The maximum Gasteiger partial charge on any atom is 0.238 e. The van der Waals surface area contributed by atoms with Crippen molar-refractivity contribution in [1.82, 2.24) is 14.8 Å². The van der Waals surface area contributed by atoms with Crippen molar-refractivity contribution in [3.8, 4) is 11.6 Å². The summed E-state index contributed by atoms with van der Waals surface area (Å²) in [6, 6.07) is 7.93. The number of rotatable bonds is 4. The molecule has 0 atom stereocenters. The van der Waals surface area contributed by atoms with E-state index in [0.29, 0.717) is 5.56 Å². The van der Waals surface area contributed by atoms with Crippen LogP contribution in [0.25, 0.3) is 17.8 Å². The van der Waals surface area contributed by atoms with Crippen LogP contribution in [0, 0.1) is 6.92 Å². The highest BCUT2D eigenvalue weighted by molar-refractivity contribution is 7.09. The number of hydrogen-bond acceptors (Lipinski definition) is 4. The Morgan fingerprint density at radius 2 is 2.09 bits per heavy atom. The molecule has 112 valence electrons. The first-order valence-corrected chi connectivity index (χ1v) is 8.02. The van der Waals surface area contributed by atoms with Crippen molar-refractivity contribution >= 4 is 23.5 Å².